The van der Waals surface area contributed by atoms with Crippen molar-refractivity contribution in [3.63, 3.8) is 0 Å². The summed E-state index contributed by atoms with van der Waals surface area (Å²) in [4.78, 5) is 23.6. The number of carbonyl (C=O) groups excluding carboxylic acids is 1. The fourth-order valence-electron chi connectivity index (χ4n) is 3.67. The minimum absolute atomic E-state index is 0.0184. The van der Waals surface area contributed by atoms with Gasteiger partial charge in [0.25, 0.3) is 0 Å². The lowest BCUT2D eigenvalue weighted by molar-refractivity contribution is -0.137. The molecule has 0 bridgehead atoms. The molecule has 13 heteroatoms. The van der Waals surface area contributed by atoms with Crippen molar-refractivity contribution in [2.45, 2.75) is 25.6 Å². The zero-order chi connectivity index (χ0) is 28.3. The first-order valence-electron chi connectivity index (χ1n) is 11.3. The number of hydrogen-bond acceptors (Lipinski definition) is 8. The molecule has 9 nitrogen and oxygen atoms in total. The molecule has 0 saturated heterocycles. The van der Waals surface area contributed by atoms with Crippen LogP contribution in [-0.4, -0.2) is 59.3 Å². The van der Waals surface area contributed by atoms with Crippen LogP contribution in [0.2, 0.25) is 0 Å². The van der Waals surface area contributed by atoms with Gasteiger partial charge in [0, 0.05) is 25.5 Å². The highest BCUT2D eigenvalue weighted by molar-refractivity contribution is 7.80. The molecule has 38 heavy (non-hydrogen) atoms. The van der Waals surface area contributed by atoms with Crippen LogP contribution in [-0.2, 0) is 11.0 Å². The predicted octanol–water partition coefficient (Wildman–Crippen LogP) is 4.14. The van der Waals surface area contributed by atoms with E-state index in [9.17, 15) is 23.1 Å². The van der Waals surface area contributed by atoms with Gasteiger partial charge in [-0.1, -0.05) is 0 Å². The number of halogens is 3. The van der Waals surface area contributed by atoms with Gasteiger partial charge in [-0.05, 0) is 62.5 Å². The van der Waals surface area contributed by atoms with Crippen LogP contribution in [0.5, 0.6) is 5.88 Å². The quantitative estimate of drug-likeness (QED) is 0.316. The molecule has 0 aliphatic heterocycles. The summed E-state index contributed by atoms with van der Waals surface area (Å²) in [5, 5.41) is 21.6. The van der Waals surface area contributed by atoms with E-state index in [2.05, 4.69) is 15.3 Å². The maximum absolute atomic E-state index is 13.6. The number of rotatable bonds is 8. The van der Waals surface area contributed by atoms with Gasteiger partial charge >= 0.3 is 6.18 Å². The number of aliphatic hydroxyl groups excluding tert-OH is 1. The number of aliphatic hydroxyl groups is 1. The lowest BCUT2D eigenvalue weighted by Gasteiger charge is -2.39. The van der Waals surface area contributed by atoms with Gasteiger partial charge in [0.05, 0.1) is 40.2 Å². The highest BCUT2D eigenvalue weighted by Crippen LogP contribution is 2.36. The Kier molecular flexibility index (Phi) is 8.38. The Bertz CT molecular complexity index is 1410. The van der Waals surface area contributed by atoms with Crippen LogP contribution in [0.4, 0.5) is 30.5 Å². The van der Waals surface area contributed by atoms with E-state index in [0.29, 0.717) is 28.8 Å². The van der Waals surface area contributed by atoms with Crippen LogP contribution in [0, 0.1) is 11.3 Å². The highest BCUT2D eigenvalue weighted by Gasteiger charge is 2.36. The van der Waals surface area contributed by atoms with Crippen LogP contribution >= 0.6 is 12.2 Å². The van der Waals surface area contributed by atoms with E-state index in [-0.39, 0.29) is 29.9 Å². The Hall–Kier alpha value is -4.02. The predicted molar refractivity (Wildman–Crippen MR) is 141 cm³/mol. The highest BCUT2D eigenvalue weighted by atomic mass is 32.1. The van der Waals surface area contributed by atoms with Crippen LogP contribution in [0.3, 0.4) is 0 Å². The SMILES string of the molecule is CNc1nc(OCCO)c2cc(N(C(=S)N(C)c3ccc(C#N)c(C(F)(F)F)c3)C(C)(C)C=O)ccc2n1. The van der Waals surface area contributed by atoms with Gasteiger partial charge < -0.3 is 29.8 Å². The number of hydrogen-bond donors (Lipinski definition) is 2. The van der Waals surface area contributed by atoms with Crippen molar-refractivity contribution in [1.29, 1.82) is 5.26 Å². The molecule has 0 fully saturated rings. The molecule has 2 N–H and O–H groups in total. The molecule has 2 aromatic carbocycles. The summed E-state index contributed by atoms with van der Waals surface area (Å²) in [6, 6.07) is 9.79. The van der Waals surface area contributed by atoms with Crippen LogP contribution in [0.15, 0.2) is 36.4 Å². The second-order valence-electron chi connectivity index (χ2n) is 8.66. The first kappa shape index (κ1) is 28.5. The van der Waals surface area contributed by atoms with E-state index in [1.165, 1.54) is 22.9 Å². The fourth-order valence-corrected chi connectivity index (χ4v) is 4.11. The maximum Gasteiger partial charge on any atom is 0.417 e. The molecule has 1 heterocycles. The average molecular weight is 547 g/mol. The number of anilines is 3. The molecular weight excluding hydrogens is 521 g/mol. The van der Waals surface area contributed by atoms with Crippen LogP contribution < -0.4 is 19.9 Å². The molecule has 0 unspecified atom stereocenters. The number of aldehydes is 1. The number of ether oxygens (including phenoxy) is 1. The summed E-state index contributed by atoms with van der Waals surface area (Å²) in [5.41, 5.74) is -1.84. The van der Waals surface area contributed by atoms with Crippen molar-refractivity contribution < 1.29 is 27.8 Å². The number of nitrogens with one attached hydrogen (secondary N) is 1. The number of alkyl halides is 3. The molecule has 0 aliphatic carbocycles. The van der Waals surface area contributed by atoms with Crippen molar-refractivity contribution in [3.05, 3.63) is 47.5 Å². The molecule has 0 atom stereocenters. The van der Waals surface area contributed by atoms with Crippen molar-refractivity contribution in [1.82, 2.24) is 9.97 Å². The van der Waals surface area contributed by atoms with Gasteiger partial charge in [0.2, 0.25) is 11.8 Å². The molecule has 0 spiro atoms. The van der Waals surface area contributed by atoms with E-state index in [1.807, 2.05) is 0 Å². The summed E-state index contributed by atoms with van der Waals surface area (Å²) in [5.74, 6) is 0.472. The first-order chi connectivity index (χ1) is 17.9. The normalized spacial score (nSPS) is 11.6. The molecule has 0 amide bonds. The Labute approximate surface area is 222 Å². The summed E-state index contributed by atoms with van der Waals surface area (Å²) < 4.78 is 46.3. The van der Waals surface area contributed by atoms with Crippen molar-refractivity contribution in [2.75, 3.05) is 42.4 Å². The minimum atomic E-state index is -4.75. The largest absolute Gasteiger partial charge is 0.475 e. The third-order valence-corrected chi connectivity index (χ3v) is 6.07. The summed E-state index contributed by atoms with van der Waals surface area (Å²) >= 11 is 5.68. The van der Waals surface area contributed by atoms with Crippen molar-refractivity contribution >= 4 is 51.8 Å². The van der Waals surface area contributed by atoms with Crippen LogP contribution in [0.25, 0.3) is 10.9 Å². The molecule has 0 aliphatic rings. The second kappa shape index (κ2) is 11.2. The minimum Gasteiger partial charge on any atom is -0.475 e. The molecule has 3 aromatic rings. The number of nitriles is 1. The number of thiocarbonyl (C=S) groups is 1. The van der Waals surface area contributed by atoms with Gasteiger partial charge in [0.1, 0.15) is 12.9 Å². The summed E-state index contributed by atoms with van der Waals surface area (Å²) in [6.07, 6.45) is -4.08. The van der Waals surface area contributed by atoms with Crippen molar-refractivity contribution in [2.24, 2.45) is 0 Å². The maximum atomic E-state index is 13.6. The Morgan fingerprint density at radius 2 is 1.89 bits per heavy atom. The standard InChI is InChI=1S/C25H25F3N6O3S/c1-24(2,14-36)34(23(38)33(4)16-6-5-15(13-29)19(12-16)25(26,27)28)17-7-8-20-18(11-17)21(37-10-9-35)32-22(30-3)31-20/h5-8,11-12,14,35H,9-10H2,1-4H3,(H,30,31,32). The first-order valence-corrected chi connectivity index (χ1v) is 11.7. The molecule has 1 aromatic heterocycles. The number of nitrogens with zero attached hydrogens (tertiary/aromatic N) is 5. The third kappa shape index (κ3) is 5.76. The number of aromatic nitrogens is 2. The molecular formula is C25H25F3N6O3S. The van der Waals surface area contributed by atoms with Gasteiger partial charge in [-0.15, -0.1) is 0 Å². The second-order valence-corrected chi connectivity index (χ2v) is 9.03. The zero-order valence-corrected chi connectivity index (χ0v) is 21.8. The van der Waals surface area contributed by atoms with E-state index in [4.69, 9.17) is 22.2 Å². The third-order valence-electron chi connectivity index (χ3n) is 5.62. The van der Waals surface area contributed by atoms with Gasteiger partial charge in [-0.3, -0.25) is 0 Å². The lowest BCUT2D eigenvalue weighted by Crippen LogP contribution is -2.54. The number of carbonyl (C=O) groups is 1. The zero-order valence-electron chi connectivity index (χ0n) is 21.0. The van der Waals surface area contributed by atoms with E-state index in [0.717, 1.165) is 12.1 Å². The molecule has 0 saturated carbocycles. The molecule has 3 rings (SSSR count). The van der Waals surface area contributed by atoms with Crippen molar-refractivity contribution in [3.8, 4) is 11.9 Å². The van der Waals surface area contributed by atoms with E-state index in [1.54, 1.807) is 45.2 Å². The average Bonchev–Trinajstić information content (AvgIpc) is 2.90. The van der Waals surface area contributed by atoms with Gasteiger partial charge in [-0.2, -0.15) is 23.4 Å². The number of fused-ring (bicyclic) bond motifs is 1. The smallest absolute Gasteiger partial charge is 0.417 e. The lowest BCUT2D eigenvalue weighted by atomic mass is 10.0. The topological polar surface area (TPSA) is 115 Å². The van der Waals surface area contributed by atoms with Gasteiger partial charge in [0.15, 0.2) is 5.11 Å². The van der Waals surface area contributed by atoms with E-state index >= 15 is 0 Å². The molecule has 0 radical (unpaired) electrons. The Morgan fingerprint density at radius 3 is 2.47 bits per heavy atom. The summed E-state index contributed by atoms with van der Waals surface area (Å²) in [7, 11) is 3.11. The van der Waals surface area contributed by atoms with Crippen LogP contribution in [0.1, 0.15) is 25.0 Å². The number of benzene rings is 2. The monoisotopic (exact) mass is 546 g/mol. The van der Waals surface area contributed by atoms with E-state index < -0.39 is 22.8 Å². The Balaban J connectivity index is 2.15. The summed E-state index contributed by atoms with van der Waals surface area (Å²) in [6.45, 7) is 2.94. The molecule has 200 valence electrons. The van der Waals surface area contributed by atoms with Gasteiger partial charge in [-0.25, -0.2) is 4.98 Å². The Morgan fingerprint density at radius 1 is 1.21 bits per heavy atom. The fraction of sp³-hybridized carbons (Fsp3) is 0.320.